The summed E-state index contributed by atoms with van der Waals surface area (Å²) < 4.78 is 47.7. The summed E-state index contributed by atoms with van der Waals surface area (Å²) in [5, 5.41) is 2.83. The van der Waals surface area contributed by atoms with Gasteiger partial charge in [0.2, 0.25) is 11.8 Å². The Bertz CT molecular complexity index is 1350. The normalized spacial score (nSPS) is 11.9. The first kappa shape index (κ1) is 30.6. The lowest BCUT2D eigenvalue weighted by atomic mass is 10.1. The summed E-state index contributed by atoms with van der Waals surface area (Å²) in [7, 11) is -4.16. The third kappa shape index (κ3) is 7.81. The summed E-state index contributed by atoms with van der Waals surface area (Å²) >= 11 is 0. The number of carbonyl (C=O) groups is 2. The molecule has 0 unspecified atom stereocenters. The molecule has 0 fully saturated rings. The van der Waals surface area contributed by atoms with Crippen molar-refractivity contribution in [1.29, 1.82) is 0 Å². The minimum absolute atomic E-state index is 0.000330. The van der Waals surface area contributed by atoms with E-state index in [-0.39, 0.29) is 23.0 Å². The number of sulfonamides is 1. The standard InChI is InChI=1S/C30H36FN3O5S/c1-4-20-32-30(36)28(5-2)33(21-23-12-14-24(31)15-13-23)29(35)22-34(25-16-18-26(19-17-25)39-6-3)40(37,38)27-10-8-7-9-11-27/h7-19,28H,4-6,20-22H2,1-3H3,(H,32,36)/t28-/m1/s1. The summed E-state index contributed by atoms with van der Waals surface area (Å²) in [6.45, 7) is 5.88. The lowest BCUT2D eigenvalue weighted by Gasteiger charge is -2.33. The molecule has 2 amide bonds. The van der Waals surface area contributed by atoms with Gasteiger partial charge < -0.3 is 15.0 Å². The van der Waals surface area contributed by atoms with E-state index in [9.17, 15) is 22.4 Å². The Morgan fingerprint density at radius 3 is 2.15 bits per heavy atom. The Hall–Kier alpha value is -3.92. The lowest BCUT2D eigenvalue weighted by Crippen LogP contribution is -2.52. The van der Waals surface area contributed by atoms with Gasteiger partial charge in [0.1, 0.15) is 24.2 Å². The molecule has 0 heterocycles. The highest BCUT2D eigenvalue weighted by Gasteiger charge is 2.33. The van der Waals surface area contributed by atoms with Crippen molar-refractivity contribution in [3.63, 3.8) is 0 Å². The van der Waals surface area contributed by atoms with Crippen molar-refractivity contribution in [1.82, 2.24) is 10.2 Å². The van der Waals surface area contributed by atoms with Crippen molar-refractivity contribution in [3.8, 4) is 5.75 Å². The Morgan fingerprint density at radius 2 is 1.57 bits per heavy atom. The quantitative estimate of drug-likeness (QED) is 0.302. The van der Waals surface area contributed by atoms with Gasteiger partial charge in [-0.3, -0.25) is 13.9 Å². The summed E-state index contributed by atoms with van der Waals surface area (Å²) in [6, 6.07) is 19.1. The number of ether oxygens (including phenoxy) is 1. The molecular formula is C30H36FN3O5S. The molecule has 0 aliphatic heterocycles. The van der Waals surface area contributed by atoms with Gasteiger partial charge in [-0.1, -0.05) is 44.2 Å². The molecule has 0 saturated carbocycles. The Labute approximate surface area is 235 Å². The van der Waals surface area contributed by atoms with Crippen molar-refractivity contribution in [2.75, 3.05) is 24.0 Å². The van der Waals surface area contributed by atoms with Gasteiger partial charge in [0, 0.05) is 13.1 Å². The maximum absolute atomic E-state index is 14.0. The molecule has 40 heavy (non-hydrogen) atoms. The molecule has 0 aromatic heterocycles. The van der Waals surface area contributed by atoms with E-state index in [1.54, 1.807) is 49.4 Å². The summed E-state index contributed by atoms with van der Waals surface area (Å²) in [5.41, 5.74) is 0.876. The smallest absolute Gasteiger partial charge is 0.264 e. The zero-order valence-corrected chi connectivity index (χ0v) is 23.9. The highest BCUT2D eigenvalue weighted by Crippen LogP contribution is 2.27. The Balaban J connectivity index is 2.03. The minimum atomic E-state index is -4.16. The predicted octanol–water partition coefficient (Wildman–Crippen LogP) is 4.75. The van der Waals surface area contributed by atoms with E-state index in [1.807, 2.05) is 13.8 Å². The number of anilines is 1. The van der Waals surface area contributed by atoms with Gasteiger partial charge in [-0.15, -0.1) is 0 Å². The van der Waals surface area contributed by atoms with Crippen molar-refractivity contribution < 1.29 is 27.1 Å². The largest absolute Gasteiger partial charge is 0.494 e. The summed E-state index contributed by atoms with van der Waals surface area (Å²) in [6.07, 6.45) is 1.02. The van der Waals surface area contributed by atoms with E-state index in [0.717, 1.165) is 10.7 Å². The van der Waals surface area contributed by atoms with Crippen LogP contribution in [-0.4, -0.2) is 50.9 Å². The lowest BCUT2D eigenvalue weighted by molar-refractivity contribution is -0.140. The van der Waals surface area contributed by atoms with Gasteiger partial charge in [0.15, 0.2) is 0 Å². The molecule has 0 spiro atoms. The van der Waals surface area contributed by atoms with Crippen LogP contribution in [-0.2, 0) is 26.2 Å². The number of nitrogens with zero attached hydrogens (tertiary/aromatic N) is 2. The van der Waals surface area contributed by atoms with Crippen LogP contribution in [0.4, 0.5) is 10.1 Å². The number of hydrogen-bond donors (Lipinski definition) is 1. The average molecular weight is 570 g/mol. The highest BCUT2D eigenvalue weighted by atomic mass is 32.2. The van der Waals surface area contributed by atoms with E-state index in [1.165, 1.54) is 41.3 Å². The number of halogens is 1. The second-order valence-electron chi connectivity index (χ2n) is 9.11. The molecule has 1 atom stereocenters. The van der Waals surface area contributed by atoms with Crippen LogP contribution in [0.3, 0.4) is 0 Å². The maximum atomic E-state index is 14.0. The van der Waals surface area contributed by atoms with Crippen LogP contribution in [0.25, 0.3) is 0 Å². The first-order chi connectivity index (χ1) is 19.2. The van der Waals surface area contributed by atoms with E-state index in [0.29, 0.717) is 30.9 Å². The third-order valence-electron chi connectivity index (χ3n) is 6.25. The molecule has 8 nitrogen and oxygen atoms in total. The highest BCUT2D eigenvalue weighted by molar-refractivity contribution is 7.92. The SMILES string of the molecule is CCCNC(=O)[C@@H](CC)N(Cc1ccc(F)cc1)C(=O)CN(c1ccc(OCC)cc1)S(=O)(=O)c1ccccc1. The van der Waals surface area contributed by atoms with Crippen LogP contribution in [0.1, 0.15) is 39.2 Å². The van der Waals surface area contributed by atoms with Crippen LogP contribution >= 0.6 is 0 Å². The Kier molecular flexibility index (Phi) is 11.1. The molecule has 214 valence electrons. The first-order valence-corrected chi connectivity index (χ1v) is 14.8. The molecule has 3 aromatic rings. The summed E-state index contributed by atoms with van der Waals surface area (Å²) in [4.78, 5) is 28.4. The number of rotatable bonds is 14. The predicted molar refractivity (Wildman–Crippen MR) is 153 cm³/mol. The van der Waals surface area contributed by atoms with Gasteiger partial charge in [-0.05, 0) is 73.9 Å². The fraction of sp³-hybridized carbons (Fsp3) is 0.333. The molecule has 0 radical (unpaired) electrons. The zero-order chi connectivity index (χ0) is 29.1. The second kappa shape index (κ2) is 14.5. The molecule has 1 N–H and O–H groups in total. The van der Waals surface area contributed by atoms with Crippen LogP contribution < -0.4 is 14.4 Å². The molecular weight excluding hydrogens is 533 g/mol. The van der Waals surface area contributed by atoms with Gasteiger partial charge in [0.25, 0.3) is 10.0 Å². The molecule has 0 saturated heterocycles. The summed E-state index contributed by atoms with van der Waals surface area (Å²) in [5.74, 6) is -0.772. The van der Waals surface area contributed by atoms with Crippen molar-refractivity contribution in [2.24, 2.45) is 0 Å². The van der Waals surface area contributed by atoms with Crippen LogP contribution in [0, 0.1) is 5.82 Å². The van der Waals surface area contributed by atoms with Crippen molar-refractivity contribution >= 4 is 27.5 Å². The van der Waals surface area contributed by atoms with Crippen LogP contribution in [0.2, 0.25) is 0 Å². The van der Waals surface area contributed by atoms with Gasteiger partial charge in [-0.25, -0.2) is 12.8 Å². The third-order valence-corrected chi connectivity index (χ3v) is 8.04. The van der Waals surface area contributed by atoms with Gasteiger partial charge >= 0.3 is 0 Å². The monoisotopic (exact) mass is 569 g/mol. The minimum Gasteiger partial charge on any atom is -0.494 e. The molecule has 0 bridgehead atoms. The molecule has 10 heteroatoms. The fourth-order valence-corrected chi connectivity index (χ4v) is 5.63. The molecule has 3 rings (SSSR count). The zero-order valence-electron chi connectivity index (χ0n) is 23.0. The number of amides is 2. The second-order valence-corrected chi connectivity index (χ2v) is 11.0. The first-order valence-electron chi connectivity index (χ1n) is 13.3. The fourth-order valence-electron chi connectivity index (χ4n) is 4.20. The van der Waals surface area contributed by atoms with E-state index in [4.69, 9.17) is 4.74 Å². The Morgan fingerprint density at radius 1 is 0.925 bits per heavy atom. The molecule has 3 aromatic carbocycles. The van der Waals surface area contributed by atoms with E-state index < -0.39 is 34.3 Å². The van der Waals surface area contributed by atoms with Gasteiger partial charge in [0.05, 0.1) is 17.2 Å². The van der Waals surface area contributed by atoms with Crippen molar-refractivity contribution in [3.05, 3.63) is 90.2 Å². The molecule has 0 aliphatic carbocycles. The topological polar surface area (TPSA) is 96.0 Å². The molecule has 0 aliphatic rings. The maximum Gasteiger partial charge on any atom is 0.264 e. The van der Waals surface area contributed by atoms with Crippen LogP contribution in [0.5, 0.6) is 5.75 Å². The number of hydrogen-bond acceptors (Lipinski definition) is 5. The number of nitrogens with one attached hydrogen (secondary N) is 1. The van der Waals surface area contributed by atoms with Gasteiger partial charge in [-0.2, -0.15) is 0 Å². The van der Waals surface area contributed by atoms with E-state index >= 15 is 0 Å². The van der Waals surface area contributed by atoms with E-state index in [2.05, 4.69) is 5.32 Å². The average Bonchev–Trinajstić information content (AvgIpc) is 2.96. The number of carbonyl (C=O) groups excluding carboxylic acids is 2. The number of benzene rings is 3. The van der Waals surface area contributed by atoms with Crippen molar-refractivity contribution in [2.45, 2.75) is 51.1 Å². The van der Waals surface area contributed by atoms with Crippen LogP contribution in [0.15, 0.2) is 83.8 Å².